The molecule has 2 aromatic heterocycles. The van der Waals surface area contributed by atoms with Gasteiger partial charge in [-0.25, -0.2) is 9.97 Å². The summed E-state index contributed by atoms with van der Waals surface area (Å²) in [5.41, 5.74) is 1.93. The fourth-order valence-electron chi connectivity index (χ4n) is 3.70. The van der Waals surface area contributed by atoms with Crippen LogP contribution in [0.3, 0.4) is 0 Å². The molecule has 3 aromatic rings. The highest BCUT2D eigenvalue weighted by Gasteiger charge is 2.28. The van der Waals surface area contributed by atoms with Crippen molar-refractivity contribution >= 4 is 54.9 Å². The van der Waals surface area contributed by atoms with Crippen molar-refractivity contribution in [1.82, 2.24) is 9.97 Å². The lowest BCUT2D eigenvalue weighted by atomic mass is 9.96. The second-order valence-corrected chi connectivity index (χ2v) is 9.25. The molecule has 1 aromatic carbocycles. The lowest BCUT2D eigenvalue weighted by molar-refractivity contribution is -0.120. The summed E-state index contributed by atoms with van der Waals surface area (Å²) in [6.45, 7) is 5.77. The Bertz CT molecular complexity index is 1020. The third-order valence-electron chi connectivity index (χ3n) is 5.25. The van der Waals surface area contributed by atoms with Gasteiger partial charge in [-0.1, -0.05) is 22.9 Å². The first-order valence-corrected chi connectivity index (χ1v) is 11.2. The summed E-state index contributed by atoms with van der Waals surface area (Å²) >= 11 is 5.19. The molecule has 1 unspecified atom stereocenters. The minimum atomic E-state index is -0.0499. The largest absolute Gasteiger partial charge is 0.355 e. The van der Waals surface area contributed by atoms with Gasteiger partial charge >= 0.3 is 0 Å². The maximum atomic E-state index is 12.9. The maximum absolute atomic E-state index is 12.9. The number of thiophene rings is 1. The van der Waals surface area contributed by atoms with Crippen LogP contribution in [0.15, 0.2) is 35.1 Å². The van der Waals surface area contributed by atoms with E-state index in [0.717, 1.165) is 57.6 Å². The van der Waals surface area contributed by atoms with Gasteiger partial charge in [0.25, 0.3) is 0 Å². The molecule has 3 heterocycles. The zero-order valence-corrected chi connectivity index (χ0v) is 18.4. The van der Waals surface area contributed by atoms with Crippen molar-refractivity contribution in [3.8, 4) is 0 Å². The number of carbonyl (C=O) groups excluding carboxylic acids is 1. The van der Waals surface area contributed by atoms with Gasteiger partial charge < -0.3 is 10.2 Å². The molecule has 5 nitrogen and oxygen atoms in total. The maximum Gasteiger partial charge on any atom is 0.229 e. The molecule has 0 aliphatic carbocycles. The summed E-state index contributed by atoms with van der Waals surface area (Å²) in [7, 11) is 0. The minimum Gasteiger partial charge on any atom is -0.355 e. The Morgan fingerprint density at radius 3 is 3.00 bits per heavy atom. The van der Waals surface area contributed by atoms with Crippen LogP contribution in [0.5, 0.6) is 0 Å². The average molecular weight is 459 g/mol. The molecule has 1 aliphatic rings. The van der Waals surface area contributed by atoms with E-state index in [2.05, 4.69) is 49.1 Å². The molecular formula is C21H23BrN4OS. The third-order valence-corrected chi connectivity index (χ3v) is 6.93. The summed E-state index contributed by atoms with van der Waals surface area (Å²) in [6.07, 6.45) is 4.52. The van der Waals surface area contributed by atoms with Crippen molar-refractivity contribution in [2.45, 2.75) is 33.1 Å². The van der Waals surface area contributed by atoms with E-state index in [0.29, 0.717) is 6.54 Å². The zero-order chi connectivity index (χ0) is 19.7. The second-order valence-electron chi connectivity index (χ2n) is 7.22. The number of fused-ring (bicyclic) bond motifs is 1. The Morgan fingerprint density at radius 2 is 2.21 bits per heavy atom. The highest BCUT2D eigenvalue weighted by molar-refractivity contribution is 9.10. The fourth-order valence-corrected chi connectivity index (χ4v) is 5.11. The predicted octanol–water partition coefficient (Wildman–Crippen LogP) is 5.18. The van der Waals surface area contributed by atoms with E-state index in [4.69, 9.17) is 0 Å². The van der Waals surface area contributed by atoms with E-state index in [9.17, 15) is 4.79 Å². The highest BCUT2D eigenvalue weighted by Crippen LogP contribution is 2.33. The van der Waals surface area contributed by atoms with Crippen molar-refractivity contribution < 1.29 is 4.79 Å². The molecule has 0 saturated carbocycles. The lowest BCUT2D eigenvalue weighted by Gasteiger charge is -2.33. The average Bonchev–Trinajstić information content (AvgIpc) is 3.13. The molecule has 1 fully saturated rings. The van der Waals surface area contributed by atoms with Crippen molar-refractivity contribution in [2.75, 3.05) is 23.3 Å². The SMILES string of the molecule is CCc1cc2c(N3CCCC(C(=O)Nc4ccc(Br)cc4C)C3)ncnc2s1. The van der Waals surface area contributed by atoms with Crippen LogP contribution in [0.4, 0.5) is 11.5 Å². The normalized spacial score (nSPS) is 17.1. The molecular weight excluding hydrogens is 436 g/mol. The van der Waals surface area contributed by atoms with E-state index in [-0.39, 0.29) is 11.8 Å². The van der Waals surface area contributed by atoms with E-state index in [1.807, 2.05) is 25.1 Å². The van der Waals surface area contributed by atoms with E-state index >= 15 is 0 Å². The Kier molecular flexibility index (Phi) is 5.64. The lowest BCUT2D eigenvalue weighted by Crippen LogP contribution is -2.41. The van der Waals surface area contributed by atoms with Crippen molar-refractivity contribution in [3.63, 3.8) is 0 Å². The number of benzene rings is 1. The van der Waals surface area contributed by atoms with Gasteiger partial charge in [-0.15, -0.1) is 11.3 Å². The molecule has 0 spiro atoms. The van der Waals surface area contributed by atoms with Gasteiger partial charge in [0.1, 0.15) is 17.0 Å². The monoisotopic (exact) mass is 458 g/mol. The molecule has 146 valence electrons. The number of anilines is 2. The Labute approximate surface area is 177 Å². The Hall–Kier alpha value is -1.99. The number of piperidine rings is 1. The van der Waals surface area contributed by atoms with Crippen LogP contribution in [0, 0.1) is 12.8 Å². The number of aryl methyl sites for hydroxylation is 2. The van der Waals surface area contributed by atoms with Gasteiger partial charge in [0.2, 0.25) is 5.91 Å². The fraction of sp³-hybridized carbons (Fsp3) is 0.381. The van der Waals surface area contributed by atoms with E-state index < -0.39 is 0 Å². The van der Waals surface area contributed by atoms with Gasteiger partial charge in [0.05, 0.1) is 11.3 Å². The molecule has 1 saturated heterocycles. The van der Waals surface area contributed by atoms with Crippen molar-refractivity contribution in [2.24, 2.45) is 5.92 Å². The molecule has 1 N–H and O–H groups in total. The Balaban J connectivity index is 1.53. The van der Waals surface area contributed by atoms with Crippen LogP contribution in [0.25, 0.3) is 10.2 Å². The van der Waals surface area contributed by atoms with Gasteiger partial charge in [0, 0.05) is 28.1 Å². The van der Waals surface area contributed by atoms with Crippen LogP contribution in [-0.2, 0) is 11.2 Å². The van der Waals surface area contributed by atoms with Gasteiger partial charge in [-0.2, -0.15) is 0 Å². The van der Waals surface area contributed by atoms with Crippen LogP contribution >= 0.6 is 27.3 Å². The van der Waals surface area contributed by atoms with Crippen LogP contribution in [0.1, 0.15) is 30.2 Å². The molecule has 1 amide bonds. The topological polar surface area (TPSA) is 58.1 Å². The number of nitrogens with zero attached hydrogens (tertiary/aromatic N) is 3. The quantitative estimate of drug-likeness (QED) is 0.584. The smallest absolute Gasteiger partial charge is 0.229 e. The van der Waals surface area contributed by atoms with Crippen LogP contribution in [-0.4, -0.2) is 29.0 Å². The van der Waals surface area contributed by atoms with Crippen molar-refractivity contribution in [3.05, 3.63) is 45.5 Å². The number of hydrogen-bond donors (Lipinski definition) is 1. The number of amides is 1. The molecule has 0 radical (unpaired) electrons. The highest BCUT2D eigenvalue weighted by atomic mass is 79.9. The molecule has 7 heteroatoms. The number of halogens is 1. The number of aromatic nitrogens is 2. The van der Waals surface area contributed by atoms with Crippen LogP contribution in [0.2, 0.25) is 0 Å². The number of carbonyl (C=O) groups is 1. The van der Waals surface area contributed by atoms with Crippen molar-refractivity contribution in [1.29, 1.82) is 0 Å². The number of hydrogen-bond acceptors (Lipinski definition) is 5. The van der Waals surface area contributed by atoms with Gasteiger partial charge in [-0.05, 0) is 56.0 Å². The number of nitrogens with one attached hydrogen (secondary N) is 1. The standard InChI is InChI=1S/C21H23BrN4OS/c1-3-16-10-17-19(23-12-24-21(17)28-16)26-8-4-5-14(11-26)20(27)25-18-7-6-15(22)9-13(18)2/h6-7,9-10,12,14H,3-5,8,11H2,1-2H3,(H,25,27). The Morgan fingerprint density at radius 1 is 1.36 bits per heavy atom. The number of rotatable bonds is 4. The third kappa shape index (κ3) is 3.91. The van der Waals surface area contributed by atoms with Gasteiger partial charge in [-0.3, -0.25) is 4.79 Å². The van der Waals surface area contributed by atoms with E-state index in [1.165, 1.54) is 4.88 Å². The molecule has 1 atom stereocenters. The summed E-state index contributed by atoms with van der Waals surface area (Å²) in [5.74, 6) is 0.990. The molecule has 0 bridgehead atoms. The van der Waals surface area contributed by atoms with Gasteiger partial charge in [0.15, 0.2) is 0 Å². The summed E-state index contributed by atoms with van der Waals surface area (Å²) in [6, 6.07) is 8.12. The molecule has 4 rings (SSSR count). The molecule has 28 heavy (non-hydrogen) atoms. The molecule has 1 aliphatic heterocycles. The predicted molar refractivity (Wildman–Crippen MR) is 119 cm³/mol. The summed E-state index contributed by atoms with van der Waals surface area (Å²) in [4.78, 5) is 26.5. The zero-order valence-electron chi connectivity index (χ0n) is 16.0. The summed E-state index contributed by atoms with van der Waals surface area (Å²) < 4.78 is 1.02. The second kappa shape index (κ2) is 8.17. The first-order chi connectivity index (χ1) is 13.5. The first kappa shape index (κ1) is 19.3. The summed E-state index contributed by atoms with van der Waals surface area (Å²) in [5, 5.41) is 4.22. The van der Waals surface area contributed by atoms with Crippen LogP contribution < -0.4 is 10.2 Å². The van der Waals surface area contributed by atoms with E-state index in [1.54, 1.807) is 17.7 Å². The first-order valence-electron chi connectivity index (χ1n) is 9.60. The minimum absolute atomic E-state index is 0.0499.